The average molecular weight is 575 g/mol. The van der Waals surface area contributed by atoms with Crippen molar-refractivity contribution in [2.24, 2.45) is 5.92 Å². The molecule has 3 rings (SSSR count). The van der Waals surface area contributed by atoms with Crippen LogP contribution >= 0.6 is 23.2 Å². The molecule has 1 heterocycles. The van der Waals surface area contributed by atoms with E-state index in [9.17, 15) is 9.59 Å². The van der Waals surface area contributed by atoms with Crippen molar-refractivity contribution < 1.29 is 23.8 Å². The van der Waals surface area contributed by atoms with E-state index in [2.05, 4.69) is 15.0 Å². The molecule has 10 heteroatoms. The zero-order valence-corrected chi connectivity index (χ0v) is 24.9. The maximum absolute atomic E-state index is 13.0. The summed E-state index contributed by atoms with van der Waals surface area (Å²) in [6.45, 7) is 12.3. The highest BCUT2D eigenvalue weighted by Gasteiger charge is 2.35. The second-order valence-corrected chi connectivity index (χ2v) is 11.9. The van der Waals surface area contributed by atoms with E-state index < -0.39 is 29.1 Å². The van der Waals surface area contributed by atoms with Gasteiger partial charge in [-0.3, -0.25) is 9.59 Å². The third kappa shape index (κ3) is 8.38. The van der Waals surface area contributed by atoms with Gasteiger partial charge in [-0.2, -0.15) is 9.97 Å². The number of nitrogens with zero attached hydrogens (tertiary/aromatic N) is 3. The molecule has 0 aliphatic carbocycles. The molecule has 2 aromatic carbocycles. The van der Waals surface area contributed by atoms with Crippen LogP contribution in [0.2, 0.25) is 10.0 Å². The number of aromatic nitrogens is 3. The minimum Gasteiger partial charge on any atom is -0.467 e. The van der Waals surface area contributed by atoms with E-state index in [0.717, 1.165) is 5.56 Å². The van der Waals surface area contributed by atoms with Crippen LogP contribution in [-0.4, -0.2) is 45.2 Å². The zero-order chi connectivity index (χ0) is 29.1. The SMILES string of the molecule is COc1nc(-c2ccc(C)c(Cl)c2)nc(-c2cc(CC(C(=O)OC(C)(C)C)C(=O)OC(C)(C)C)ccc2Cl)n1. The molecule has 0 aliphatic rings. The summed E-state index contributed by atoms with van der Waals surface area (Å²) in [5.41, 5.74) is 1.15. The van der Waals surface area contributed by atoms with Crippen molar-refractivity contribution in [1.29, 1.82) is 0 Å². The Hall–Kier alpha value is -3.23. The molecule has 0 spiro atoms. The highest BCUT2D eigenvalue weighted by atomic mass is 35.5. The lowest BCUT2D eigenvalue weighted by Crippen LogP contribution is -2.38. The highest BCUT2D eigenvalue weighted by molar-refractivity contribution is 6.33. The first-order chi connectivity index (χ1) is 18.1. The molecule has 0 saturated carbocycles. The van der Waals surface area contributed by atoms with E-state index in [4.69, 9.17) is 37.4 Å². The van der Waals surface area contributed by atoms with Gasteiger partial charge in [0.1, 0.15) is 11.2 Å². The van der Waals surface area contributed by atoms with E-state index in [1.807, 2.05) is 19.1 Å². The number of methoxy groups -OCH3 is 1. The summed E-state index contributed by atoms with van der Waals surface area (Å²) < 4.78 is 16.4. The van der Waals surface area contributed by atoms with Gasteiger partial charge in [0.2, 0.25) is 0 Å². The van der Waals surface area contributed by atoms with Crippen molar-refractivity contribution in [3.8, 4) is 28.8 Å². The Morgan fingerprint density at radius 1 is 0.821 bits per heavy atom. The van der Waals surface area contributed by atoms with Gasteiger partial charge in [-0.15, -0.1) is 0 Å². The molecule has 1 aromatic heterocycles. The largest absolute Gasteiger partial charge is 0.467 e. The number of rotatable bonds is 7. The van der Waals surface area contributed by atoms with Crippen LogP contribution in [0.5, 0.6) is 6.01 Å². The summed E-state index contributed by atoms with van der Waals surface area (Å²) in [4.78, 5) is 39.4. The Morgan fingerprint density at radius 2 is 1.41 bits per heavy atom. The van der Waals surface area contributed by atoms with Gasteiger partial charge in [-0.25, -0.2) is 4.98 Å². The Kier molecular flexibility index (Phi) is 9.23. The molecule has 0 atom stereocenters. The Morgan fingerprint density at radius 3 is 1.95 bits per heavy atom. The first kappa shape index (κ1) is 30.3. The number of carbonyl (C=O) groups is 2. The minimum atomic E-state index is -1.18. The summed E-state index contributed by atoms with van der Waals surface area (Å²) >= 11 is 12.9. The van der Waals surface area contributed by atoms with Crippen LogP contribution in [-0.2, 0) is 25.5 Å². The van der Waals surface area contributed by atoms with E-state index in [1.165, 1.54) is 7.11 Å². The smallest absolute Gasteiger partial charge is 0.321 e. The molecule has 0 N–H and O–H groups in total. The zero-order valence-electron chi connectivity index (χ0n) is 23.4. The highest BCUT2D eigenvalue weighted by Crippen LogP contribution is 2.31. The van der Waals surface area contributed by atoms with Gasteiger partial charge in [0.05, 0.1) is 12.1 Å². The number of aryl methyl sites for hydroxylation is 1. The molecular formula is C29H33Cl2N3O5. The van der Waals surface area contributed by atoms with Crippen LogP contribution in [0.15, 0.2) is 36.4 Å². The van der Waals surface area contributed by atoms with Crippen LogP contribution < -0.4 is 4.74 Å². The minimum absolute atomic E-state index is 0.0244. The summed E-state index contributed by atoms with van der Waals surface area (Å²) in [6.07, 6.45) is 0.0244. The summed E-state index contributed by atoms with van der Waals surface area (Å²) in [6, 6.07) is 10.7. The van der Waals surface area contributed by atoms with Crippen LogP contribution in [0, 0.1) is 12.8 Å². The molecule has 0 amide bonds. The predicted molar refractivity (Wildman–Crippen MR) is 151 cm³/mol. The van der Waals surface area contributed by atoms with Gasteiger partial charge in [-0.05, 0) is 84.2 Å². The van der Waals surface area contributed by atoms with Gasteiger partial charge in [0, 0.05) is 16.1 Å². The fourth-order valence-electron chi connectivity index (χ4n) is 3.54. The number of hydrogen-bond donors (Lipinski definition) is 0. The van der Waals surface area contributed by atoms with Gasteiger partial charge < -0.3 is 14.2 Å². The van der Waals surface area contributed by atoms with Crippen molar-refractivity contribution >= 4 is 35.1 Å². The van der Waals surface area contributed by atoms with Gasteiger partial charge in [0.15, 0.2) is 17.6 Å². The molecule has 39 heavy (non-hydrogen) atoms. The van der Waals surface area contributed by atoms with E-state index in [0.29, 0.717) is 32.6 Å². The van der Waals surface area contributed by atoms with Crippen molar-refractivity contribution in [3.63, 3.8) is 0 Å². The summed E-state index contributed by atoms with van der Waals surface area (Å²) in [7, 11) is 1.45. The fourth-order valence-corrected chi connectivity index (χ4v) is 3.93. The number of esters is 2. The first-order valence-electron chi connectivity index (χ1n) is 12.4. The average Bonchev–Trinajstić information content (AvgIpc) is 2.82. The third-order valence-corrected chi connectivity index (χ3v) is 6.06. The molecule has 0 saturated heterocycles. The number of carbonyl (C=O) groups excluding carboxylic acids is 2. The van der Waals surface area contributed by atoms with Gasteiger partial charge in [0.25, 0.3) is 0 Å². The maximum atomic E-state index is 13.0. The van der Waals surface area contributed by atoms with Crippen LogP contribution in [0.25, 0.3) is 22.8 Å². The lowest BCUT2D eigenvalue weighted by molar-refractivity contribution is -0.174. The molecule has 208 valence electrons. The van der Waals surface area contributed by atoms with Gasteiger partial charge >= 0.3 is 17.9 Å². The summed E-state index contributed by atoms with van der Waals surface area (Å²) in [5, 5.41) is 0.940. The molecule has 0 unspecified atom stereocenters. The third-order valence-electron chi connectivity index (χ3n) is 5.32. The molecular weight excluding hydrogens is 541 g/mol. The maximum Gasteiger partial charge on any atom is 0.321 e. The fraction of sp³-hybridized carbons (Fsp3) is 0.414. The number of halogens is 2. The summed E-state index contributed by atoms with van der Waals surface area (Å²) in [5.74, 6) is -1.93. The van der Waals surface area contributed by atoms with Crippen molar-refractivity contribution in [2.45, 2.75) is 66.1 Å². The Labute approximate surface area is 239 Å². The number of benzene rings is 2. The molecule has 8 nitrogen and oxygen atoms in total. The van der Waals surface area contributed by atoms with Crippen LogP contribution in [0.3, 0.4) is 0 Å². The molecule has 0 fully saturated rings. The topological polar surface area (TPSA) is 100 Å². The van der Waals surface area contributed by atoms with Crippen LogP contribution in [0.4, 0.5) is 0 Å². The molecule has 0 aliphatic heterocycles. The van der Waals surface area contributed by atoms with Crippen molar-refractivity contribution in [3.05, 3.63) is 57.6 Å². The standard InChI is InChI=1S/C29H33Cl2N3O5/c1-16-9-11-18(15-22(16)31)23-32-24(34-27(33-23)37-8)19-13-17(10-12-21(19)30)14-20(25(35)38-28(2,3)4)26(36)39-29(5,6)7/h9-13,15,20H,14H2,1-8H3. The van der Waals surface area contributed by atoms with Gasteiger partial charge in [-0.1, -0.05) is 41.4 Å². The molecule has 3 aromatic rings. The monoisotopic (exact) mass is 573 g/mol. The second kappa shape index (κ2) is 11.9. The van der Waals surface area contributed by atoms with E-state index in [-0.39, 0.29) is 18.3 Å². The second-order valence-electron chi connectivity index (χ2n) is 11.1. The first-order valence-corrected chi connectivity index (χ1v) is 13.1. The number of hydrogen-bond acceptors (Lipinski definition) is 8. The van der Waals surface area contributed by atoms with E-state index in [1.54, 1.807) is 65.8 Å². The van der Waals surface area contributed by atoms with Crippen molar-refractivity contribution in [1.82, 2.24) is 15.0 Å². The predicted octanol–water partition coefficient (Wildman–Crippen LogP) is 6.67. The quantitative estimate of drug-likeness (QED) is 0.228. The molecule has 0 radical (unpaired) electrons. The van der Waals surface area contributed by atoms with Crippen LogP contribution in [0.1, 0.15) is 52.7 Å². The Balaban J connectivity index is 2.04. The number of ether oxygens (including phenoxy) is 3. The van der Waals surface area contributed by atoms with Crippen molar-refractivity contribution in [2.75, 3.05) is 7.11 Å². The molecule has 0 bridgehead atoms. The van der Waals surface area contributed by atoms with E-state index >= 15 is 0 Å². The lowest BCUT2D eigenvalue weighted by atomic mass is 9.97. The lowest BCUT2D eigenvalue weighted by Gasteiger charge is -2.26. The Bertz CT molecular complexity index is 1350. The normalized spacial score (nSPS) is 11.9.